The third kappa shape index (κ3) is 2.74. The van der Waals surface area contributed by atoms with Crippen molar-refractivity contribution in [2.75, 3.05) is 13.1 Å². The van der Waals surface area contributed by atoms with Crippen LogP contribution in [0.15, 0.2) is 0 Å². The molecule has 124 valence electrons. The van der Waals surface area contributed by atoms with Crippen molar-refractivity contribution in [3.63, 3.8) is 0 Å². The molecule has 5 atom stereocenters. The van der Waals surface area contributed by atoms with Crippen molar-refractivity contribution in [3.05, 3.63) is 11.4 Å². The molecule has 4 rings (SSSR count). The summed E-state index contributed by atoms with van der Waals surface area (Å²) in [7, 11) is 0. The number of fused-ring (bicyclic) bond motifs is 2. The summed E-state index contributed by atoms with van der Waals surface area (Å²) in [6.45, 7) is 15.5. The van der Waals surface area contributed by atoms with Gasteiger partial charge in [-0.1, -0.05) is 20.8 Å². The first kappa shape index (κ1) is 17.6. The second-order valence-electron chi connectivity index (χ2n) is 7.78. The van der Waals surface area contributed by atoms with Crippen LogP contribution >= 0.6 is 12.4 Å². The first-order chi connectivity index (χ1) is 9.95. The Balaban J connectivity index is 0.00000176. The number of carbonyl (C=O) groups excluding carboxylic acids is 1. The van der Waals surface area contributed by atoms with Gasteiger partial charge in [-0.05, 0) is 42.4 Å². The quantitative estimate of drug-likeness (QED) is 0.810. The smallest absolute Gasteiger partial charge is 0.300 e. The zero-order valence-electron chi connectivity index (χ0n) is 13.8. The Kier molecular flexibility index (Phi) is 5.09. The van der Waals surface area contributed by atoms with Crippen LogP contribution in [0.2, 0.25) is 0 Å². The van der Waals surface area contributed by atoms with E-state index in [2.05, 4.69) is 30.9 Å². The average Bonchev–Trinajstić information content (AvgIpc) is 2.93. The van der Waals surface area contributed by atoms with Gasteiger partial charge in [-0.2, -0.15) is 0 Å². The molecule has 0 aromatic heterocycles. The highest BCUT2D eigenvalue weighted by molar-refractivity contribution is 5.85. The zero-order valence-corrected chi connectivity index (χ0v) is 14.7. The predicted octanol–water partition coefficient (Wildman–Crippen LogP) is 2.94. The Morgan fingerprint density at radius 2 is 2.14 bits per heavy atom. The summed E-state index contributed by atoms with van der Waals surface area (Å²) in [5.74, 6) is 2.37. The molecule has 1 saturated heterocycles. The fourth-order valence-electron chi connectivity index (χ4n) is 4.91. The van der Waals surface area contributed by atoms with Gasteiger partial charge in [-0.15, -0.1) is 12.4 Å². The number of carbonyl (C=O) groups is 1. The SMILES string of the molecule is Cl.[C-]#[N+][C@@H]1CCCN1C(=O)CN[C@H]1C[C@H]2C[C@@H]([C@@H]1C)C2(C)C. The molecule has 4 fully saturated rings. The van der Waals surface area contributed by atoms with Gasteiger partial charge in [0.2, 0.25) is 5.91 Å². The summed E-state index contributed by atoms with van der Waals surface area (Å²) in [5, 5.41) is 3.50. The number of hydrogen-bond donors (Lipinski definition) is 1. The van der Waals surface area contributed by atoms with Gasteiger partial charge in [-0.3, -0.25) is 14.5 Å². The molecule has 4 nitrogen and oxygen atoms in total. The molecule has 0 aromatic carbocycles. The highest BCUT2D eigenvalue weighted by Crippen LogP contribution is 2.61. The molecule has 0 aromatic rings. The van der Waals surface area contributed by atoms with Gasteiger partial charge in [0.25, 0.3) is 0 Å². The van der Waals surface area contributed by atoms with Gasteiger partial charge in [0.05, 0.1) is 6.54 Å². The molecule has 1 amide bonds. The summed E-state index contributed by atoms with van der Waals surface area (Å²) < 4.78 is 0. The number of nitrogens with zero attached hydrogens (tertiary/aromatic N) is 2. The van der Waals surface area contributed by atoms with E-state index in [0.29, 0.717) is 23.9 Å². The number of likely N-dealkylation sites (tertiary alicyclic amines) is 1. The Morgan fingerprint density at radius 1 is 1.41 bits per heavy atom. The van der Waals surface area contributed by atoms with E-state index < -0.39 is 0 Å². The molecule has 3 aliphatic carbocycles. The van der Waals surface area contributed by atoms with E-state index in [1.807, 2.05) is 0 Å². The maximum atomic E-state index is 12.3. The lowest BCUT2D eigenvalue weighted by molar-refractivity contribution is -0.133. The minimum Gasteiger partial charge on any atom is -0.305 e. The highest BCUT2D eigenvalue weighted by Gasteiger charge is 2.56. The molecule has 0 unspecified atom stereocenters. The Hall–Kier alpha value is -0.790. The van der Waals surface area contributed by atoms with E-state index in [4.69, 9.17) is 6.57 Å². The van der Waals surface area contributed by atoms with Crippen LogP contribution in [0, 0.1) is 29.7 Å². The molecule has 0 radical (unpaired) electrons. The second-order valence-corrected chi connectivity index (χ2v) is 7.78. The molecule has 3 saturated carbocycles. The Bertz CT molecular complexity index is 473. The lowest BCUT2D eigenvalue weighted by atomic mass is 9.45. The zero-order chi connectivity index (χ0) is 15.2. The molecule has 5 heteroatoms. The molecule has 0 spiro atoms. The minimum atomic E-state index is -0.213. The van der Waals surface area contributed by atoms with E-state index in [-0.39, 0.29) is 24.5 Å². The topological polar surface area (TPSA) is 36.7 Å². The first-order valence-electron chi connectivity index (χ1n) is 8.34. The Labute approximate surface area is 140 Å². The normalized spacial score (nSPS) is 38.6. The lowest BCUT2D eigenvalue weighted by Gasteiger charge is -2.62. The summed E-state index contributed by atoms with van der Waals surface area (Å²) in [5.41, 5.74) is 0.492. The fraction of sp³-hybridized carbons (Fsp3) is 0.882. The van der Waals surface area contributed by atoms with Gasteiger partial charge in [0.1, 0.15) is 0 Å². The third-order valence-corrected chi connectivity index (χ3v) is 6.56. The van der Waals surface area contributed by atoms with Crippen LogP contribution in [-0.4, -0.2) is 36.1 Å². The van der Waals surface area contributed by atoms with Crippen LogP contribution in [-0.2, 0) is 4.79 Å². The van der Waals surface area contributed by atoms with E-state index in [1.165, 1.54) is 12.8 Å². The number of amides is 1. The van der Waals surface area contributed by atoms with E-state index in [1.54, 1.807) is 4.90 Å². The molecule has 1 aliphatic heterocycles. The molecule has 1 heterocycles. The standard InChI is InChI=1S/C17H27N3O.ClH/c1-11-13-8-12(17(13,2)3)9-14(11)19-10-16(21)20-7-5-6-15(20)18-4;/h11-15,19H,5-10H2,1-3H3;1H/t11-,12+,13-,14-,15-;/m0./s1. The van der Waals surface area contributed by atoms with Crippen molar-refractivity contribution in [2.24, 2.45) is 23.2 Å². The lowest BCUT2D eigenvalue weighted by Crippen LogP contribution is -2.60. The van der Waals surface area contributed by atoms with Crippen molar-refractivity contribution in [2.45, 2.75) is 58.7 Å². The summed E-state index contributed by atoms with van der Waals surface area (Å²) in [4.78, 5) is 17.6. The van der Waals surface area contributed by atoms with E-state index in [0.717, 1.165) is 31.2 Å². The van der Waals surface area contributed by atoms with Crippen LogP contribution in [0.3, 0.4) is 0 Å². The largest absolute Gasteiger partial charge is 0.305 e. The monoisotopic (exact) mass is 325 g/mol. The molecule has 1 N–H and O–H groups in total. The molecular formula is C17H28ClN3O. The van der Waals surface area contributed by atoms with Crippen molar-refractivity contribution in [3.8, 4) is 0 Å². The number of nitrogens with one attached hydrogen (secondary N) is 1. The molecule has 4 aliphatic rings. The highest BCUT2D eigenvalue weighted by atomic mass is 35.5. The molecular weight excluding hydrogens is 298 g/mol. The summed E-state index contributed by atoms with van der Waals surface area (Å²) >= 11 is 0. The van der Waals surface area contributed by atoms with Crippen molar-refractivity contribution < 1.29 is 4.79 Å². The maximum Gasteiger partial charge on any atom is 0.300 e. The van der Waals surface area contributed by atoms with Crippen LogP contribution in [0.4, 0.5) is 0 Å². The maximum absolute atomic E-state index is 12.3. The second kappa shape index (κ2) is 6.37. The first-order valence-corrected chi connectivity index (χ1v) is 8.34. The van der Waals surface area contributed by atoms with Crippen molar-refractivity contribution in [1.29, 1.82) is 0 Å². The third-order valence-electron chi connectivity index (χ3n) is 6.56. The number of halogens is 1. The molecule has 2 bridgehead atoms. The summed E-state index contributed by atoms with van der Waals surface area (Å²) in [6, 6.07) is 0.472. The van der Waals surface area contributed by atoms with Gasteiger partial charge in [0.15, 0.2) is 0 Å². The number of hydrogen-bond acceptors (Lipinski definition) is 2. The van der Waals surface area contributed by atoms with Crippen LogP contribution < -0.4 is 5.32 Å². The van der Waals surface area contributed by atoms with E-state index >= 15 is 0 Å². The summed E-state index contributed by atoms with van der Waals surface area (Å²) in [6.07, 6.45) is 4.16. The molecule has 22 heavy (non-hydrogen) atoms. The average molecular weight is 326 g/mol. The van der Waals surface area contributed by atoms with Gasteiger partial charge in [0, 0.05) is 19.0 Å². The Morgan fingerprint density at radius 3 is 2.73 bits per heavy atom. The fourth-order valence-corrected chi connectivity index (χ4v) is 4.91. The van der Waals surface area contributed by atoms with Crippen LogP contribution in [0.25, 0.3) is 4.85 Å². The van der Waals surface area contributed by atoms with Gasteiger partial charge in [-0.25, -0.2) is 6.57 Å². The van der Waals surface area contributed by atoms with Gasteiger partial charge < -0.3 is 5.32 Å². The minimum absolute atomic E-state index is 0. The van der Waals surface area contributed by atoms with E-state index in [9.17, 15) is 4.79 Å². The van der Waals surface area contributed by atoms with Crippen molar-refractivity contribution in [1.82, 2.24) is 10.2 Å². The van der Waals surface area contributed by atoms with Crippen LogP contribution in [0.1, 0.15) is 46.5 Å². The predicted molar refractivity (Wildman–Crippen MR) is 89.5 cm³/mol. The number of rotatable bonds is 3. The van der Waals surface area contributed by atoms with Gasteiger partial charge >= 0.3 is 6.17 Å². The van der Waals surface area contributed by atoms with Crippen molar-refractivity contribution >= 4 is 18.3 Å². The van der Waals surface area contributed by atoms with Crippen LogP contribution in [0.5, 0.6) is 0 Å².